The molecule has 0 spiro atoms. The summed E-state index contributed by atoms with van der Waals surface area (Å²) in [6, 6.07) is 17.8. The molecule has 1 fully saturated rings. The highest BCUT2D eigenvalue weighted by molar-refractivity contribution is 6.32. The van der Waals surface area contributed by atoms with E-state index in [-0.39, 0.29) is 0 Å². The Labute approximate surface area is 182 Å². The van der Waals surface area contributed by atoms with Crippen molar-refractivity contribution >= 4 is 55.2 Å². The number of ether oxygens (including phenoxy) is 1. The Morgan fingerprint density at radius 2 is 1.65 bits per heavy atom. The number of aromatic amines is 1. The summed E-state index contributed by atoms with van der Waals surface area (Å²) in [5.74, 6) is 0. The van der Waals surface area contributed by atoms with Crippen LogP contribution in [0.3, 0.4) is 0 Å². The molecule has 0 aliphatic carbocycles. The van der Waals surface area contributed by atoms with Crippen LogP contribution in [0.4, 0.5) is 0 Å². The third kappa shape index (κ3) is 2.60. The summed E-state index contributed by atoms with van der Waals surface area (Å²) in [5, 5.41) is 36.2. The van der Waals surface area contributed by atoms with Crippen molar-refractivity contribution < 1.29 is 20.1 Å². The third-order valence-electron chi connectivity index (χ3n) is 6.49. The van der Waals surface area contributed by atoms with Crippen LogP contribution >= 0.6 is 11.6 Å². The van der Waals surface area contributed by atoms with E-state index in [1.54, 1.807) is 6.92 Å². The number of aliphatic hydroxyl groups excluding tert-OH is 3. The fourth-order valence-corrected chi connectivity index (χ4v) is 5.10. The number of fused-ring (bicyclic) bond motifs is 7. The normalized spacial score (nSPS) is 27.1. The van der Waals surface area contributed by atoms with Crippen LogP contribution in [0.5, 0.6) is 0 Å². The van der Waals surface area contributed by atoms with Gasteiger partial charge >= 0.3 is 0 Å². The van der Waals surface area contributed by atoms with Crippen molar-refractivity contribution in [1.29, 1.82) is 0 Å². The smallest absolute Gasteiger partial charge is 0.163 e. The lowest BCUT2D eigenvalue weighted by atomic mass is 9.99. The Bertz CT molecular complexity index is 1470. The van der Waals surface area contributed by atoms with E-state index in [4.69, 9.17) is 16.3 Å². The predicted octanol–water partition coefficient (Wildman–Crippen LogP) is 4.08. The highest BCUT2D eigenvalue weighted by atomic mass is 35.5. The monoisotopic (exact) mass is 436 g/mol. The highest BCUT2D eigenvalue weighted by Crippen LogP contribution is 2.41. The maximum absolute atomic E-state index is 10.9. The molecule has 1 aliphatic rings. The first-order valence-electron chi connectivity index (χ1n) is 10.3. The topological polar surface area (TPSA) is 90.6 Å². The SMILES string of the molecule is C[C@H]1O[C@@H](n2c3ccccc3c3ccc4c5cc(Cl)ccc5[nH]c4c32)[C@H](O)[C@H](O)[C@H]1O. The maximum atomic E-state index is 10.9. The lowest BCUT2D eigenvalue weighted by molar-refractivity contribution is -0.238. The second kappa shape index (κ2) is 6.69. The van der Waals surface area contributed by atoms with E-state index in [0.717, 1.165) is 43.6 Å². The number of benzene rings is 3. The molecule has 5 atom stereocenters. The molecule has 5 aromatic rings. The van der Waals surface area contributed by atoms with Gasteiger partial charge in [-0.3, -0.25) is 0 Å². The number of para-hydroxylation sites is 1. The molecular weight excluding hydrogens is 416 g/mol. The van der Waals surface area contributed by atoms with Crippen LogP contribution in [-0.2, 0) is 4.74 Å². The van der Waals surface area contributed by atoms with Gasteiger partial charge in [-0.2, -0.15) is 0 Å². The minimum atomic E-state index is -1.31. The van der Waals surface area contributed by atoms with Gasteiger partial charge in [0.15, 0.2) is 6.23 Å². The van der Waals surface area contributed by atoms with Crippen LogP contribution in [0, 0.1) is 0 Å². The zero-order chi connectivity index (χ0) is 21.4. The summed E-state index contributed by atoms with van der Waals surface area (Å²) in [5.41, 5.74) is 3.60. The molecule has 7 heteroatoms. The molecule has 3 aromatic carbocycles. The van der Waals surface area contributed by atoms with Crippen LogP contribution in [0.1, 0.15) is 13.2 Å². The number of aromatic nitrogens is 2. The molecular formula is C24H21ClN2O4. The molecule has 0 unspecified atom stereocenters. The van der Waals surface area contributed by atoms with Crippen molar-refractivity contribution in [3.8, 4) is 0 Å². The molecule has 1 aliphatic heterocycles. The van der Waals surface area contributed by atoms with Gasteiger partial charge < -0.3 is 29.6 Å². The van der Waals surface area contributed by atoms with Crippen molar-refractivity contribution in [1.82, 2.24) is 9.55 Å². The number of hydrogen-bond acceptors (Lipinski definition) is 4. The number of H-pyrrole nitrogens is 1. The summed E-state index contributed by atoms with van der Waals surface area (Å²) in [4.78, 5) is 3.51. The third-order valence-corrected chi connectivity index (χ3v) is 6.72. The molecule has 158 valence electrons. The number of rotatable bonds is 1. The summed E-state index contributed by atoms with van der Waals surface area (Å²) >= 11 is 6.25. The minimum Gasteiger partial charge on any atom is -0.388 e. The molecule has 0 amide bonds. The van der Waals surface area contributed by atoms with Crippen molar-refractivity contribution in [3.05, 3.63) is 59.6 Å². The number of aliphatic hydroxyl groups is 3. The molecule has 4 N–H and O–H groups in total. The van der Waals surface area contributed by atoms with Crippen LogP contribution in [0.2, 0.25) is 5.02 Å². The summed E-state index contributed by atoms with van der Waals surface area (Å²) in [6.07, 6.45) is -5.27. The van der Waals surface area contributed by atoms with Gasteiger partial charge in [0.1, 0.15) is 18.3 Å². The van der Waals surface area contributed by atoms with Gasteiger partial charge in [0.25, 0.3) is 0 Å². The van der Waals surface area contributed by atoms with E-state index in [1.165, 1.54) is 0 Å². The van der Waals surface area contributed by atoms with E-state index in [1.807, 2.05) is 47.0 Å². The van der Waals surface area contributed by atoms with Gasteiger partial charge in [-0.05, 0) is 31.2 Å². The first-order valence-corrected chi connectivity index (χ1v) is 10.7. The second-order valence-corrected chi connectivity index (χ2v) is 8.73. The molecule has 2 aromatic heterocycles. The molecule has 0 bridgehead atoms. The minimum absolute atomic E-state index is 0.639. The second-order valence-electron chi connectivity index (χ2n) is 8.29. The number of nitrogens with zero attached hydrogens (tertiary/aromatic N) is 1. The Morgan fingerprint density at radius 3 is 2.48 bits per heavy atom. The summed E-state index contributed by atoms with van der Waals surface area (Å²) in [7, 11) is 0. The zero-order valence-electron chi connectivity index (χ0n) is 16.7. The van der Waals surface area contributed by atoms with Crippen molar-refractivity contribution in [3.63, 3.8) is 0 Å². The number of nitrogens with one attached hydrogen (secondary N) is 1. The van der Waals surface area contributed by atoms with Crippen LogP contribution in [-0.4, -0.2) is 49.3 Å². The molecule has 3 heterocycles. The fourth-order valence-electron chi connectivity index (χ4n) is 4.93. The van der Waals surface area contributed by atoms with E-state index in [9.17, 15) is 15.3 Å². The average Bonchev–Trinajstić information content (AvgIpc) is 3.30. The fraction of sp³-hybridized carbons (Fsp3) is 0.250. The van der Waals surface area contributed by atoms with Gasteiger partial charge in [-0.15, -0.1) is 0 Å². The molecule has 6 rings (SSSR count). The van der Waals surface area contributed by atoms with Gasteiger partial charge in [0, 0.05) is 32.1 Å². The van der Waals surface area contributed by atoms with Crippen molar-refractivity contribution in [2.45, 2.75) is 37.6 Å². The van der Waals surface area contributed by atoms with E-state index in [2.05, 4.69) is 17.1 Å². The zero-order valence-corrected chi connectivity index (χ0v) is 17.4. The Kier molecular flexibility index (Phi) is 4.12. The molecule has 6 nitrogen and oxygen atoms in total. The largest absolute Gasteiger partial charge is 0.388 e. The van der Waals surface area contributed by atoms with Gasteiger partial charge in [-0.25, -0.2) is 0 Å². The van der Waals surface area contributed by atoms with E-state index in [0.29, 0.717) is 5.02 Å². The quantitative estimate of drug-likeness (QED) is 0.318. The van der Waals surface area contributed by atoms with E-state index < -0.39 is 30.6 Å². The van der Waals surface area contributed by atoms with Crippen LogP contribution < -0.4 is 0 Å². The molecule has 31 heavy (non-hydrogen) atoms. The van der Waals surface area contributed by atoms with E-state index >= 15 is 0 Å². The number of hydrogen-bond donors (Lipinski definition) is 4. The van der Waals surface area contributed by atoms with Crippen molar-refractivity contribution in [2.24, 2.45) is 0 Å². The maximum Gasteiger partial charge on any atom is 0.163 e. The average molecular weight is 437 g/mol. The molecule has 0 saturated carbocycles. The molecule has 0 radical (unpaired) electrons. The predicted molar refractivity (Wildman–Crippen MR) is 121 cm³/mol. The summed E-state index contributed by atoms with van der Waals surface area (Å²) < 4.78 is 7.98. The standard InChI is InChI=1S/C24H21ClN2O4/c1-11-21(28)22(29)23(30)24(31-11)27-18-5-3-2-4-13(18)15-8-7-14-16-10-12(25)6-9-17(16)26-19(14)20(15)27/h2-11,21-24,26,28-30H,1H3/t11-,21+,22-,23-,24-/m1/s1. The highest BCUT2D eigenvalue weighted by Gasteiger charge is 2.43. The number of halogens is 1. The lowest BCUT2D eigenvalue weighted by Crippen LogP contribution is -2.54. The van der Waals surface area contributed by atoms with Gasteiger partial charge in [0.2, 0.25) is 0 Å². The van der Waals surface area contributed by atoms with Crippen LogP contribution in [0.15, 0.2) is 54.6 Å². The Hall–Kier alpha value is -2.61. The Morgan fingerprint density at radius 1 is 0.871 bits per heavy atom. The molecule has 1 saturated heterocycles. The Balaban J connectivity index is 1.74. The first-order chi connectivity index (χ1) is 15.0. The van der Waals surface area contributed by atoms with Crippen LogP contribution in [0.25, 0.3) is 43.6 Å². The van der Waals surface area contributed by atoms with Gasteiger partial charge in [0.05, 0.1) is 22.7 Å². The van der Waals surface area contributed by atoms with Gasteiger partial charge in [-0.1, -0.05) is 41.9 Å². The first kappa shape index (κ1) is 19.1. The van der Waals surface area contributed by atoms with Crippen molar-refractivity contribution in [2.75, 3.05) is 0 Å². The summed E-state index contributed by atoms with van der Waals surface area (Å²) in [6.45, 7) is 1.70. The lowest BCUT2D eigenvalue weighted by Gasteiger charge is -2.40.